The summed E-state index contributed by atoms with van der Waals surface area (Å²) in [5.41, 5.74) is 5.60. The Kier molecular flexibility index (Phi) is 4.94. The first kappa shape index (κ1) is 18.8. The first-order valence-corrected chi connectivity index (χ1v) is 10.2. The van der Waals surface area contributed by atoms with Crippen molar-refractivity contribution >= 4 is 11.6 Å². The summed E-state index contributed by atoms with van der Waals surface area (Å²) in [6.45, 7) is 2.11. The number of halogens is 1. The summed E-state index contributed by atoms with van der Waals surface area (Å²) in [5, 5.41) is 8.02. The monoisotopic (exact) mass is 417 g/mol. The number of benzene rings is 2. The molecule has 2 aromatic carbocycles. The van der Waals surface area contributed by atoms with Crippen molar-refractivity contribution in [3.8, 4) is 22.6 Å². The molecule has 0 aliphatic carbocycles. The second-order valence-electron chi connectivity index (χ2n) is 7.44. The molecule has 0 spiro atoms. The summed E-state index contributed by atoms with van der Waals surface area (Å²) in [4.78, 5) is 22.7. The van der Waals surface area contributed by atoms with Gasteiger partial charge in [0.1, 0.15) is 5.82 Å². The highest BCUT2D eigenvalue weighted by atomic mass is 35.5. The molecule has 7 heteroatoms. The highest BCUT2D eigenvalue weighted by Crippen LogP contribution is 2.26. The second-order valence-corrected chi connectivity index (χ2v) is 7.88. The molecule has 0 saturated carbocycles. The number of nitrogens with zero attached hydrogens (tertiary/aromatic N) is 3. The maximum absolute atomic E-state index is 12.8. The van der Waals surface area contributed by atoms with Gasteiger partial charge in [-0.1, -0.05) is 54.1 Å². The van der Waals surface area contributed by atoms with E-state index in [1.807, 2.05) is 60.8 Å². The van der Waals surface area contributed by atoms with Crippen molar-refractivity contribution in [2.75, 3.05) is 6.54 Å². The molecule has 1 aliphatic rings. The van der Waals surface area contributed by atoms with Crippen LogP contribution in [0.2, 0.25) is 5.02 Å². The molecule has 0 radical (unpaired) electrons. The lowest BCUT2D eigenvalue weighted by Crippen LogP contribution is -2.35. The van der Waals surface area contributed by atoms with Gasteiger partial charge >= 0.3 is 0 Å². The van der Waals surface area contributed by atoms with Gasteiger partial charge in [-0.2, -0.15) is 5.10 Å². The van der Waals surface area contributed by atoms with Crippen LogP contribution in [0.4, 0.5) is 0 Å². The third kappa shape index (κ3) is 3.67. The molecule has 3 heterocycles. The van der Waals surface area contributed by atoms with Crippen LogP contribution in [0.25, 0.3) is 22.6 Å². The number of aromatic amines is 2. The van der Waals surface area contributed by atoms with E-state index in [9.17, 15) is 4.79 Å². The van der Waals surface area contributed by atoms with Gasteiger partial charge in [-0.15, -0.1) is 0 Å². The fourth-order valence-electron chi connectivity index (χ4n) is 3.89. The van der Waals surface area contributed by atoms with E-state index < -0.39 is 0 Å². The van der Waals surface area contributed by atoms with Gasteiger partial charge in [-0.25, -0.2) is 4.98 Å². The molecular formula is C23H20ClN5O. The zero-order chi connectivity index (χ0) is 20.5. The maximum Gasteiger partial charge on any atom is 0.255 e. The lowest BCUT2D eigenvalue weighted by Gasteiger charge is -2.27. The average molecular weight is 418 g/mol. The molecule has 4 aromatic rings. The first-order chi connectivity index (χ1) is 14.7. The number of nitrogens with one attached hydrogen (secondary N) is 2. The number of H-pyrrole nitrogens is 2. The van der Waals surface area contributed by atoms with Gasteiger partial charge in [0.2, 0.25) is 0 Å². The Morgan fingerprint density at radius 3 is 2.63 bits per heavy atom. The SMILES string of the molecule is O=c1[nH]c(-c2ccccc2)nc2c1CN(Cc1cn[nH]c1-c1ccc(Cl)cc1)CC2. The van der Waals surface area contributed by atoms with E-state index >= 15 is 0 Å². The van der Waals surface area contributed by atoms with Crippen molar-refractivity contribution in [2.45, 2.75) is 19.5 Å². The molecule has 0 saturated heterocycles. The Bertz CT molecular complexity index is 1230. The third-order valence-electron chi connectivity index (χ3n) is 5.44. The van der Waals surface area contributed by atoms with Crippen LogP contribution in [0.3, 0.4) is 0 Å². The Morgan fingerprint density at radius 1 is 1.03 bits per heavy atom. The predicted octanol–water partition coefficient (Wildman–Crippen LogP) is 4.04. The van der Waals surface area contributed by atoms with Gasteiger partial charge < -0.3 is 4.98 Å². The van der Waals surface area contributed by atoms with Crippen molar-refractivity contribution < 1.29 is 0 Å². The van der Waals surface area contributed by atoms with Crippen LogP contribution in [-0.4, -0.2) is 31.6 Å². The molecule has 0 atom stereocenters. The van der Waals surface area contributed by atoms with Crippen LogP contribution in [0.15, 0.2) is 65.6 Å². The van der Waals surface area contributed by atoms with E-state index in [2.05, 4.69) is 20.1 Å². The highest BCUT2D eigenvalue weighted by Gasteiger charge is 2.23. The van der Waals surface area contributed by atoms with Crippen molar-refractivity contribution in [3.05, 3.63) is 93.0 Å². The van der Waals surface area contributed by atoms with Gasteiger partial charge in [0, 0.05) is 42.2 Å². The summed E-state index contributed by atoms with van der Waals surface area (Å²) in [5.74, 6) is 0.632. The van der Waals surface area contributed by atoms with Crippen molar-refractivity contribution in [2.24, 2.45) is 0 Å². The quantitative estimate of drug-likeness (QED) is 0.525. The van der Waals surface area contributed by atoms with E-state index in [-0.39, 0.29) is 5.56 Å². The molecule has 2 N–H and O–H groups in total. The van der Waals surface area contributed by atoms with Gasteiger partial charge in [0.25, 0.3) is 5.56 Å². The Balaban J connectivity index is 1.38. The van der Waals surface area contributed by atoms with E-state index in [1.165, 1.54) is 0 Å². The number of fused-ring (bicyclic) bond motifs is 1. The maximum atomic E-state index is 12.8. The van der Waals surface area contributed by atoms with E-state index in [1.54, 1.807) is 0 Å². The van der Waals surface area contributed by atoms with Gasteiger partial charge in [0.15, 0.2) is 0 Å². The number of hydrogen-bond acceptors (Lipinski definition) is 4. The summed E-state index contributed by atoms with van der Waals surface area (Å²) < 4.78 is 0. The molecule has 150 valence electrons. The molecule has 2 aromatic heterocycles. The van der Waals surface area contributed by atoms with Gasteiger partial charge in [-0.05, 0) is 17.7 Å². The highest BCUT2D eigenvalue weighted by molar-refractivity contribution is 6.30. The van der Waals surface area contributed by atoms with Crippen molar-refractivity contribution in [3.63, 3.8) is 0 Å². The number of aromatic nitrogens is 4. The van der Waals surface area contributed by atoms with Crippen LogP contribution in [0.1, 0.15) is 16.8 Å². The zero-order valence-corrected chi connectivity index (χ0v) is 17.0. The van der Waals surface area contributed by atoms with Crippen LogP contribution < -0.4 is 5.56 Å². The Morgan fingerprint density at radius 2 is 1.83 bits per heavy atom. The Hall–Kier alpha value is -3.22. The Labute approximate surface area is 178 Å². The summed E-state index contributed by atoms with van der Waals surface area (Å²) in [6, 6.07) is 17.4. The average Bonchev–Trinajstić information content (AvgIpc) is 3.23. The minimum atomic E-state index is -0.0614. The van der Waals surface area contributed by atoms with Crippen molar-refractivity contribution in [1.29, 1.82) is 0 Å². The minimum absolute atomic E-state index is 0.0614. The zero-order valence-electron chi connectivity index (χ0n) is 16.2. The molecule has 0 bridgehead atoms. The largest absolute Gasteiger partial charge is 0.306 e. The van der Waals surface area contributed by atoms with Crippen LogP contribution in [0, 0.1) is 0 Å². The van der Waals surface area contributed by atoms with Crippen LogP contribution in [-0.2, 0) is 19.5 Å². The smallest absolute Gasteiger partial charge is 0.255 e. The molecule has 0 unspecified atom stereocenters. The lowest BCUT2D eigenvalue weighted by molar-refractivity contribution is 0.242. The molecule has 6 nitrogen and oxygen atoms in total. The summed E-state index contributed by atoms with van der Waals surface area (Å²) in [7, 11) is 0. The van der Waals surface area contributed by atoms with Gasteiger partial charge in [-0.3, -0.25) is 14.8 Å². The molecule has 5 rings (SSSR count). The standard InChI is InChI=1S/C23H20ClN5O/c24-18-8-6-15(7-9-18)21-17(12-25-28-21)13-29-11-10-20-19(14-29)23(30)27-22(26-20)16-4-2-1-3-5-16/h1-9,12H,10-11,13-14H2,(H,25,28)(H,26,27,30). The number of rotatable bonds is 4. The van der Waals surface area contributed by atoms with E-state index in [0.29, 0.717) is 23.9 Å². The van der Waals surface area contributed by atoms with E-state index in [0.717, 1.165) is 46.6 Å². The second kappa shape index (κ2) is 7.89. The molecule has 1 aliphatic heterocycles. The van der Waals surface area contributed by atoms with Crippen molar-refractivity contribution in [1.82, 2.24) is 25.1 Å². The van der Waals surface area contributed by atoms with E-state index in [4.69, 9.17) is 16.6 Å². The topological polar surface area (TPSA) is 77.7 Å². The molecule has 0 fully saturated rings. The summed E-state index contributed by atoms with van der Waals surface area (Å²) >= 11 is 6.01. The first-order valence-electron chi connectivity index (χ1n) is 9.85. The minimum Gasteiger partial charge on any atom is -0.306 e. The fourth-order valence-corrected chi connectivity index (χ4v) is 4.01. The molecular weight excluding hydrogens is 398 g/mol. The van der Waals surface area contributed by atoms with Crippen LogP contribution in [0.5, 0.6) is 0 Å². The van der Waals surface area contributed by atoms with Crippen LogP contribution >= 0.6 is 11.6 Å². The fraction of sp³-hybridized carbons (Fsp3) is 0.174. The third-order valence-corrected chi connectivity index (χ3v) is 5.69. The predicted molar refractivity (Wildman–Crippen MR) is 117 cm³/mol. The normalized spacial score (nSPS) is 13.9. The summed E-state index contributed by atoms with van der Waals surface area (Å²) in [6.07, 6.45) is 2.59. The lowest BCUT2D eigenvalue weighted by atomic mass is 10.0. The van der Waals surface area contributed by atoms with Gasteiger partial charge in [0.05, 0.1) is 23.1 Å². The molecule has 30 heavy (non-hydrogen) atoms. The molecule has 0 amide bonds. The number of hydrogen-bond donors (Lipinski definition) is 2.